The summed E-state index contributed by atoms with van der Waals surface area (Å²) in [5.41, 5.74) is 8.81. The molecule has 0 fully saturated rings. The second kappa shape index (κ2) is 4.53. The summed E-state index contributed by atoms with van der Waals surface area (Å²) in [4.78, 5) is 8.24. The molecule has 0 spiro atoms. The van der Waals surface area contributed by atoms with Gasteiger partial charge in [-0.2, -0.15) is 10.1 Å². The fourth-order valence-corrected chi connectivity index (χ4v) is 1.74. The summed E-state index contributed by atoms with van der Waals surface area (Å²) in [6.07, 6.45) is 3.56. The molecule has 2 heterocycles. The van der Waals surface area contributed by atoms with Crippen LogP contribution in [0, 0.1) is 6.92 Å². The van der Waals surface area contributed by atoms with E-state index in [1.807, 2.05) is 11.6 Å². The van der Waals surface area contributed by atoms with Gasteiger partial charge in [0.15, 0.2) is 5.82 Å². The molecule has 2 aromatic heterocycles. The number of nitrogens with two attached hydrogens (primary N) is 1. The summed E-state index contributed by atoms with van der Waals surface area (Å²) in [6, 6.07) is 2.11. The maximum absolute atomic E-state index is 5.63. The second-order valence-corrected chi connectivity index (χ2v) is 3.98. The van der Waals surface area contributed by atoms with Gasteiger partial charge in [0.05, 0.1) is 5.69 Å². The van der Waals surface area contributed by atoms with E-state index >= 15 is 0 Å². The van der Waals surface area contributed by atoms with Crippen LogP contribution in [0.3, 0.4) is 0 Å². The van der Waals surface area contributed by atoms with Crippen molar-refractivity contribution in [2.75, 3.05) is 5.73 Å². The van der Waals surface area contributed by atoms with E-state index in [2.05, 4.69) is 35.0 Å². The maximum Gasteiger partial charge on any atom is 0.222 e. The topological polar surface area (TPSA) is 69.6 Å². The van der Waals surface area contributed by atoms with Crippen LogP contribution in [0.5, 0.6) is 0 Å². The molecule has 0 amide bonds. The summed E-state index contributed by atoms with van der Waals surface area (Å²) in [6.45, 7) is 6.15. The smallest absolute Gasteiger partial charge is 0.222 e. The predicted molar refractivity (Wildman–Crippen MR) is 67.1 cm³/mol. The highest BCUT2D eigenvalue weighted by Crippen LogP contribution is 2.15. The fraction of sp³-hybridized carbons (Fsp3) is 0.417. The van der Waals surface area contributed by atoms with Crippen molar-refractivity contribution in [3.8, 4) is 5.82 Å². The normalized spacial score (nSPS) is 10.8. The molecule has 0 unspecified atom stereocenters. The standard InChI is InChI=1S/C12H17N5/c1-4-9-6-10(5-2)17(16-9)11-8(3)7-14-12(13)15-11/h6-7H,4-5H2,1-3H3,(H2,13,14,15). The Morgan fingerprint density at radius 2 is 2.06 bits per heavy atom. The van der Waals surface area contributed by atoms with Crippen LogP contribution in [0.15, 0.2) is 12.3 Å². The van der Waals surface area contributed by atoms with Gasteiger partial charge in [-0.3, -0.25) is 0 Å². The van der Waals surface area contributed by atoms with Gasteiger partial charge >= 0.3 is 0 Å². The Bertz CT molecular complexity index is 530. The summed E-state index contributed by atoms with van der Waals surface area (Å²) < 4.78 is 1.87. The predicted octanol–water partition coefficient (Wildman–Crippen LogP) is 1.68. The van der Waals surface area contributed by atoms with Crippen LogP contribution in [0.25, 0.3) is 5.82 Å². The molecule has 0 saturated carbocycles. The zero-order valence-electron chi connectivity index (χ0n) is 10.4. The summed E-state index contributed by atoms with van der Waals surface area (Å²) in [7, 11) is 0. The molecule has 5 heteroatoms. The Kier molecular flexibility index (Phi) is 3.08. The molecule has 0 aliphatic heterocycles. The number of hydrogen-bond acceptors (Lipinski definition) is 4. The summed E-state index contributed by atoms with van der Waals surface area (Å²) in [5, 5.41) is 4.54. The first-order valence-electron chi connectivity index (χ1n) is 5.83. The lowest BCUT2D eigenvalue weighted by atomic mass is 10.2. The molecular formula is C12H17N5. The van der Waals surface area contributed by atoms with Gasteiger partial charge in [0.2, 0.25) is 5.95 Å². The van der Waals surface area contributed by atoms with Crippen molar-refractivity contribution < 1.29 is 0 Å². The maximum atomic E-state index is 5.63. The Balaban J connectivity index is 2.58. The average molecular weight is 231 g/mol. The van der Waals surface area contributed by atoms with Crippen molar-refractivity contribution in [3.05, 3.63) is 29.2 Å². The zero-order valence-corrected chi connectivity index (χ0v) is 10.4. The first-order chi connectivity index (χ1) is 8.15. The second-order valence-electron chi connectivity index (χ2n) is 3.98. The van der Waals surface area contributed by atoms with Gasteiger partial charge < -0.3 is 5.73 Å². The van der Waals surface area contributed by atoms with E-state index in [-0.39, 0.29) is 5.95 Å². The first-order valence-corrected chi connectivity index (χ1v) is 5.83. The monoisotopic (exact) mass is 231 g/mol. The lowest BCUT2D eigenvalue weighted by molar-refractivity contribution is 0.764. The van der Waals surface area contributed by atoms with Gasteiger partial charge in [-0.1, -0.05) is 13.8 Å². The van der Waals surface area contributed by atoms with Crippen LogP contribution in [0.2, 0.25) is 0 Å². The van der Waals surface area contributed by atoms with E-state index in [1.54, 1.807) is 6.20 Å². The van der Waals surface area contributed by atoms with Crippen LogP contribution in [0.1, 0.15) is 30.8 Å². The van der Waals surface area contributed by atoms with E-state index in [0.717, 1.165) is 35.6 Å². The molecular weight excluding hydrogens is 214 g/mol. The molecule has 17 heavy (non-hydrogen) atoms. The summed E-state index contributed by atoms with van der Waals surface area (Å²) >= 11 is 0. The van der Waals surface area contributed by atoms with Crippen molar-refractivity contribution in [1.82, 2.24) is 19.7 Å². The molecule has 2 aromatic rings. The Morgan fingerprint density at radius 1 is 1.29 bits per heavy atom. The van der Waals surface area contributed by atoms with E-state index in [1.165, 1.54) is 0 Å². The third-order valence-electron chi connectivity index (χ3n) is 2.72. The highest BCUT2D eigenvalue weighted by atomic mass is 15.3. The zero-order chi connectivity index (χ0) is 12.4. The lowest BCUT2D eigenvalue weighted by Gasteiger charge is -2.07. The minimum Gasteiger partial charge on any atom is -0.368 e. The lowest BCUT2D eigenvalue weighted by Crippen LogP contribution is -2.09. The Morgan fingerprint density at radius 3 is 2.71 bits per heavy atom. The largest absolute Gasteiger partial charge is 0.368 e. The van der Waals surface area contributed by atoms with Gasteiger partial charge in [0.25, 0.3) is 0 Å². The number of nitrogens with zero attached hydrogens (tertiary/aromatic N) is 4. The molecule has 5 nitrogen and oxygen atoms in total. The van der Waals surface area contributed by atoms with Crippen LogP contribution in [-0.4, -0.2) is 19.7 Å². The number of nitrogen functional groups attached to an aromatic ring is 1. The molecule has 0 aromatic carbocycles. The molecule has 0 aliphatic carbocycles. The van der Waals surface area contributed by atoms with Gasteiger partial charge in [-0.15, -0.1) is 0 Å². The van der Waals surface area contributed by atoms with Crippen molar-refractivity contribution in [1.29, 1.82) is 0 Å². The minimum atomic E-state index is 0.279. The Hall–Kier alpha value is -1.91. The number of hydrogen-bond donors (Lipinski definition) is 1. The molecule has 0 atom stereocenters. The van der Waals surface area contributed by atoms with E-state index < -0.39 is 0 Å². The van der Waals surface area contributed by atoms with Crippen molar-refractivity contribution in [2.24, 2.45) is 0 Å². The average Bonchev–Trinajstić information content (AvgIpc) is 2.75. The molecule has 0 radical (unpaired) electrons. The SMILES string of the molecule is CCc1cc(CC)n(-c2nc(N)ncc2C)n1. The van der Waals surface area contributed by atoms with Crippen LogP contribution < -0.4 is 5.73 Å². The molecule has 0 aliphatic rings. The van der Waals surface area contributed by atoms with Crippen LogP contribution in [0.4, 0.5) is 5.95 Å². The first kappa shape index (κ1) is 11.6. The molecule has 2 rings (SSSR count). The Labute approximate surface area is 101 Å². The quantitative estimate of drug-likeness (QED) is 0.872. The van der Waals surface area contributed by atoms with Crippen LogP contribution >= 0.6 is 0 Å². The molecule has 90 valence electrons. The third-order valence-corrected chi connectivity index (χ3v) is 2.72. The van der Waals surface area contributed by atoms with Gasteiger partial charge in [-0.25, -0.2) is 9.67 Å². The van der Waals surface area contributed by atoms with Crippen molar-refractivity contribution >= 4 is 5.95 Å². The molecule has 0 bridgehead atoms. The van der Waals surface area contributed by atoms with E-state index in [4.69, 9.17) is 5.73 Å². The van der Waals surface area contributed by atoms with Gasteiger partial charge in [-0.05, 0) is 25.8 Å². The highest BCUT2D eigenvalue weighted by molar-refractivity contribution is 5.37. The van der Waals surface area contributed by atoms with Crippen LogP contribution in [-0.2, 0) is 12.8 Å². The number of aryl methyl sites for hydroxylation is 3. The number of aromatic nitrogens is 4. The number of anilines is 1. The molecule has 0 saturated heterocycles. The van der Waals surface area contributed by atoms with Crippen molar-refractivity contribution in [2.45, 2.75) is 33.6 Å². The minimum absolute atomic E-state index is 0.279. The van der Waals surface area contributed by atoms with Gasteiger partial charge in [0, 0.05) is 17.5 Å². The fourth-order valence-electron chi connectivity index (χ4n) is 1.74. The summed E-state index contributed by atoms with van der Waals surface area (Å²) in [5.74, 6) is 1.05. The highest BCUT2D eigenvalue weighted by Gasteiger charge is 2.11. The third kappa shape index (κ3) is 2.13. The van der Waals surface area contributed by atoms with Crippen molar-refractivity contribution in [3.63, 3.8) is 0 Å². The van der Waals surface area contributed by atoms with E-state index in [9.17, 15) is 0 Å². The number of rotatable bonds is 3. The molecule has 2 N–H and O–H groups in total. The van der Waals surface area contributed by atoms with Gasteiger partial charge in [0.1, 0.15) is 0 Å². The van der Waals surface area contributed by atoms with E-state index in [0.29, 0.717) is 0 Å².